The van der Waals surface area contributed by atoms with E-state index in [1.165, 1.54) is 21.3 Å². The zero-order valence-corrected chi connectivity index (χ0v) is 16.4. The van der Waals surface area contributed by atoms with Crippen LogP contribution < -0.4 is 24.3 Å². The lowest BCUT2D eigenvalue weighted by Gasteiger charge is -2.27. The van der Waals surface area contributed by atoms with Crippen molar-refractivity contribution in [3.63, 3.8) is 0 Å². The maximum Gasteiger partial charge on any atom is 0.255 e. The van der Waals surface area contributed by atoms with E-state index in [0.717, 1.165) is 15.8 Å². The minimum Gasteiger partial charge on any atom is -0.496 e. The van der Waals surface area contributed by atoms with Gasteiger partial charge in [-0.1, -0.05) is 15.9 Å². The van der Waals surface area contributed by atoms with Crippen molar-refractivity contribution in [1.82, 2.24) is 5.32 Å². The Hall–Kier alpha value is -2.41. The van der Waals surface area contributed by atoms with Crippen molar-refractivity contribution < 1.29 is 23.7 Å². The molecule has 1 aliphatic heterocycles. The zero-order chi connectivity index (χ0) is 18.7. The van der Waals surface area contributed by atoms with Gasteiger partial charge < -0.3 is 24.3 Å². The highest BCUT2D eigenvalue weighted by Gasteiger charge is 2.26. The Morgan fingerprint density at radius 1 is 1.08 bits per heavy atom. The molecular weight excluding hydrogens is 402 g/mol. The summed E-state index contributed by atoms with van der Waals surface area (Å²) >= 11 is 3.47. The summed E-state index contributed by atoms with van der Waals surface area (Å²) in [5.41, 5.74) is 1.33. The molecule has 1 amide bonds. The van der Waals surface area contributed by atoms with Crippen molar-refractivity contribution >= 4 is 21.8 Å². The second-order valence-corrected chi connectivity index (χ2v) is 6.67. The van der Waals surface area contributed by atoms with Crippen LogP contribution in [0.25, 0.3) is 0 Å². The van der Waals surface area contributed by atoms with Crippen LogP contribution in [0.4, 0.5) is 0 Å². The van der Waals surface area contributed by atoms with Gasteiger partial charge in [0.2, 0.25) is 0 Å². The van der Waals surface area contributed by atoms with E-state index in [-0.39, 0.29) is 11.9 Å². The summed E-state index contributed by atoms with van der Waals surface area (Å²) in [6.07, 6.45) is 0.685. The van der Waals surface area contributed by atoms with E-state index in [1.54, 1.807) is 12.1 Å². The lowest BCUT2D eigenvalue weighted by Crippen LogP contribution is -2.32. The molecule has 26 heavy (non-hydrogen) atoms. The van der Waals surface area contributed by atoms with E-state index in [4.69, 9.17) is 18.9 Å². The van der Waals surface area contributed by atoms with Gasteiger partial charge in [0.25, 0.3) is 5.91 Å². The van der Waals surface area contributed by atoms with Crippen LogP contribution in [0, 0.1) is 0 Å². The zero-order valence-electron chi connectivity index (χ0n) is 14.8. The smallest absolute Gasteiger partial charge is 0.255 e. The third-order valence-electron chi connectivity index (χ3n) is 4.27. The monoisotopic (exact) mass is 421 g/mol. The third kappa shape index (κ3) is 3.58. The molecule has 0 aliphatic carbocycles. The Morgan fingerprint density at radius 3 is 2.46 bits per heavy atom. The molecule has 7 heteroatoms. The highest BCUT2D eigenvalue weighted by atomic mass is 79.9. The first-order valence-electron chi connectivity index (χ1n) is 8.10. The van der Waals surface area contributed by atoms with Crippen molar-refractivity contribution in [3.8, 4) is 23.0 Å². The molecule has 1 unspecified atom stereocenters. The predicted octanol–water partition coefficient (Wildman–Crippen LogP) is 3.73. The summed E-state index contributed by atoms with van der Waals surface area (Å²) in [5, 5.41) is 3.07. The van der Waals surface area contributed by atoms with Crippen LogP contribution in [0.5, 0.6) is 23.0 Å². The van der Waals surface area contributed by atoms with Gasteiger partial charge in [-0.2, -0.15) is 0 Å². The normalized spacial score (nSPS) is 15.5. The maximum absolute atomic E-state index is 12.9. The number of halogens is 1. The highest BCUT2D eigenvalue weighted by Crippen LogP contribution is 2.37. The van der Waals surface area contributed by atoms with Gasteiger partial charge in [0.1, 0.15) is 11.5 Å². The van der Waals surface area contributed by atoms with Gasteiger partial charge in [-0.05, 0) is 18.2 Å². The number of carbonyl (C=O) groups is 1. The minimum atomic E-state index is -0.249. The molecular formula is C19H20BrNO5. The van der Waals surface area contributed by atoms with E-state index < -0.39 is 0 Å². The molecule has 0 aromatic heterocycles. The molecule has 138 valence electrons. The van der Waals surface area contributed by atoms with Crippen molar-refractivity contribution in [2.75, 3.05) is 27.9 Å². The number of amides is 1. The number of benzene rings is 2. The predicted molar refractivity (Wildman–Crippen MR) is 101 cm³/mol. The van der Waals surface area contributed by atoms with E-state index >= 15 is 0 Å². The molecule has 0 fully saturated rings. The quantitative estimate of drug-likeness (QED) is 0.796. The number of ether oxygens (including phenoxy) is 4. The summed E-state index contributed by atoms with van der Waals surface area (Å²) in [5.74, 6) is 1.92. The van der Waals surface area contributed by atoms with Crippen LogP contribution in [0.3, 0.4) is 0 Å². The second-order valence-electron chi connectivity index (χ2n) is 5.75. The molecule has 2 aromatic rings. The maximum atomic E-state index is 12.9. The number of fused-ring (bicyclic) bond motifs is 1. The molecule has 0 saturated heterocycles. The van der Waals surface area contributed by atoms with E-state index in [0.29, 0.717) is 35.8 Å². The summed E-state index contributed by atoms with van der Waals surface area (Å²) in [4.78, 5) is 12.9. The van der Waals surface area contributed by atoms with Crippen LogP contribution in [0.1, 0.15) is 28.4 Å². The van der Waals surface area contributed by atoms with Crippen molar-refractivity contribution in [1.29, 1.82) is 0 Å². The number of methoxy groups -OCH3 is 3. The first-order chi connectivity index (χ1) is 12.6. The van der Waals surface area contributed by atoms with Gasteiger partial charge >= 0.3 is 0 Å². The van der Waals surface area contributed by atoms with Crippen LogP contribution >= 0.6 is 15.9 Å². The Bertz CT molecular complexity index is 824. The average molecular weight is 422 g/mol. The van der Waals surface area contributed by atoms with Crippen LogP contribution in [-0.4, -0.2) is 33.8 Å². The van der Waals surface area contributed by atoms with Crippen molar-refractivity contribution in [2.45, 2.75) is 12.5 Å². The summed E-state index contributed by atoms with van der Waals surface area (Å²) < 4.78 is 22.5. The largest absolute Gasteiger partial charge is 0.496 e. The standard InChI is InChI=1S/C19H20BrNO5/c1-23-16-10-18(25-3)17(24-2)9-13(16)19(22)21-14-6-7-26-15-5-4-11(20)8-12(14)15/h4-5,8-10,14H,6-7H2,1-3H3,(H,21,22). The van der Waals surface area contributed by atoms with E-state index in [2.05, 4.69) is 21.2 Å². The van der Waals surface area contributed by atoms with Gasteiger partial charge in [-0.3, -0.25) is 4.79 Å². The lowest BCUT2D eigenvalue weighted by molar-refractivity contribution is 0.0921. The molecule has 0 saturated carbocycles. The fraction of sp³-hybridized carbons (Fsp3) is 0.316. The molecule has 2 aromatic carbocycles. The molecule has 1 N–H and O–H groups in total. The summed E-state index contributed by atoms with van der Waals surface area (Å²) in [6.45, 7) is 0.544. The molecule has 6 nitrogen and oxygen atoms in total. The van der Waals surface area contributed by atoms with Crippen molar-refractivity contribution in [2.24, 2.45) is 0 Å². The number of rotatable bonds is 5. The van der Waals surface area contributed by atoms with Gasteiger partial charge in [0.05, 0.1) is 39.5 Å². The second kappa shape index (κ2) is 7.86. The Kier molecular flexibility index (Phi) is 5.56. The molecule has 0 bridgehead atoms. The Balaban J connectivity index is 1.91. The first kappa shape index (κ1) is 18.4. The first-order valence-corrected chi connectivity index (χ1v) is 8.89. The summed E-state index contributed by atoms with van der Waals surface area (Å²) in [7, 11) is 4.57. The van der Waals surface area contributed by atoms with Crippen LogP contribution in [0.2, 0.25) is 0 Å². The Morgan fingerprint density at radius 2 is 1.77 bits per heavy atom. The average Bonchev–Trinajstić information content (AvgIpc) is 2.67. The van der Waals surface area contributed by atoms with Crippen LogP contribution in [0.15, 0.2) is 34.8 Å². The van der Waals surface area contributed by atoms with Gasteiger partial charge in [-0.15, -0.1) is 0 Å². The van der Waals surface area contributed by atoms with Gasteiger partial charge in [-0.25, -0.2) is 0 Å². The number of carbonyl (C=O) groups excluding carboxylic acids is 1. The molecule has 0 spiro atoms. The molecule has 0 radical (unpaired) electrons. The van der Waals surface area contributed by atoms with Gasteiger partial charge in [0, 0.05) is 28.6 Å². The number of nitrogens with one attached hydrogen (secondary N) is 1. The number of hydrogen-bond donors (Lipinski definition) is 1. The van der Waals surface area contributed by atoms with E-state index in [1.807, 2.05) is 18.2 Å². The SMILES string of the molecule is COc1cc(OC)c(C(=O)NC2CCOc3ccc(Br)cc32)cc1OC. The summed E-state index contributed by atoms with van der Waals surface area (Å²) in [6, 6.07) is 8.89. The molecule has 3 rings (SSSR count). The molecule has 1 atom stereocenters. The fourth-order valence-electron chi connectivity index (χ4n) is 2.96. The minimum absolute atomic E-state index is 0.151. The topological polar surface area (TPSA) is 66.0 Å². The fourth-order valence-corrected chi connectivity index (χ4v) is 3.34. The van der Waals surface area contributed by atoms with Gasteiger partial charge in [0.15, 0.2) is 11.5 Å². The van der Waals surface area contributed by atoms with Crippen molar-refractivity contribution in [3.05, 3.63) is 45.9 Å². The molecule has 1 aliphatic rings. The third-order valence-corrected chi connectivity index (χ3v) is 4.76. The highest BCUT2D eigenvalue weighted by molar-refractivity contribution is 9.10. The lowest BCUT2D eigenvalue weighted by atomic mass is 10.00. The van der Waals surface area contributed by atoms with Crippen LogP contribution in [-0.2, 0) is 0 Å². The number of hydrogen-bond acceptors (Lipinski definition) is 5. The molecule has 1 heterocycles. The Labute approximate surface area is 160 Å². The van der Waals surface area contributed by atoms with E-state index in [9.17, 15) is 4.79 Å².